The summed E-state index contributed by atoms with van der Waals surface area (Å²) in [5.74, 6) is 0. The molecule has 24 heavy (non-hydrogen) atoms. The van der Waals surface area contributed by atoms with Gasteiger partial charge in [0, 0.05) is 44.9 Å². The van der Waals surface area contributed by atoms with Crippen LogP contribution in [0.4, 0.5) is 0 Å². The normalized spacial score (nSPS) is 17.8. The van der Waals surface area contributed by atoms with Crippen LogP contribution in [0.3, 0.4) is 0 Å². The lowest BCUT2D eigenvalue weighted by atomic mass is 9.90. The molecule has 1 atom stereocenters. The second-order valence-corrected chi connectivity index (χ2v) is 6.56. The second-order valence-electron chi connectivity index (χ2n) is 6.56. The smallest absolute Gasteiger partial charge is 0.0607 e. The summed E-state index contributed by atoms with van der Waals surface area (Å²) >= 11 is 0. The number of nitrogens with zero attached hydrogens (tertiary/aromatic N) is 4. The predicted molar refractivity (Wildman–Crippen MR) is 102 cm³/mol. The molecule has 0 radical (unpaired) electrons. The Kier molecular flexibility index (Phi) is 7.96. The summed E-state index contributed by atoms with van der Waals surface area (Å²) in [7, 11) is 2.09. The molecule has 4 nitrogen and oxygen atoms in total. The standard InChI is InChI=1S/C20H32N4/c1-4-14-23(3)16-12-21-13-17-24(15-5-2)19-10-6-8-18-9-7-11-22-20(18)19/h7,9,11-13,16,19H,4-6,8,10,14-15,17H2,1-3H3/b16-12-,21-13?. The minimum Gasteiger partial charge on any atom is -0.379 e. The lowest BCUT2D eigenvalue weighted by Gasteiger charge is -2.34. The first-order valence-corrected chi connectivity index (χ1v) is 9.32. The molecule has 0 aromatic carbocycles. The Hall–Kier alpha value is -1.68. The third kappa shape index (κ3) is 5.45. The largest absolute Gasteiger partial charge is 0.379 e. The molecule has 0 spiro atoms. The Labute approximate surface area is 147 Å². The van der Waals surface area contributed by atoms with Crippen molar-refractivity contribution < 1.29 is 0 Å². The Morgan fingerprint density at radius 2 is 2.12 bits per heavy atom. The second kappa shape index (κ2) is 10.2. The molecule has 1 heterocycles. The van der Waals surface area contributed by atoms with Crippen LogP contribution in [0.1, 0.15) is 56.8 Å². The monoisotopic (exact) mass is 328 g/mol. The number of fused-ring (bicyclic) bond motifs is 1. The summed E-state index contributed by atoms with van der Waals surface area (Å²) in [6, 6.07) is 4.73. The predicted octanol–water partition coefficient (Wildman–Crippen LogP) is 4.05. The van der Waals surface area contributed by atoms with Gasteiger partial charge in [0.1, 0.15) is 0 Å². The third-order valence-corrected chi connectivity index (χ3v) is 4.52. The van der Waals surface area contributed by atoms with Crippen LogP contribution in [0, 0.1) is 0 Å². The maximum atomic E-state index is 4.69. The van der Waals surface area contributed by atoms with E-state index in [1.54, 1.807) is 0 Å². The van der Waals surface area contributed by atoms with Gasteiger partial charge in [-0.15, -0.1) is 0 Å². The number of rotatable bonds is 9. The summed E-state index contributed by atoms with van der Waals surface area (Å²) in [6.45, 7) is 7.47. The highest BCUT2D eigenvalue weighted by Crippen LogP contribution is 2.32. The van der Waals surface area contributed by atoms with Crippen LogP contribution in [0.2, 0.25) is 0 Å². The van der Waals surface area contributed by atoms with E-state index in [1.165, 1.54) is 30.5 Å². The van der Waals surface area contributed by atoms with Gasteiger partial charge in [-0.2, -0.15) is 0 Å². The molecule has 1 aliphatic rings. The first kappa shape index (κ1) is 18.7. The maximum Gasteiger partial charge on any atom is 0.0607 e. The number of aromatic nitrogens is 1. The van der Waals surface area contributed by atoms with Crippen molar-refractivity contribution in [3.8, 4) is 0 Å². The van der Waals surface area contributed by atoms with Gasteiger partial charge in [-0.3, -0.25) is 14.9 Å². The van der Waals surface area contributed by atoms with Crippen LogP contribution in [-0.2, 0) is 6.42 Å². The lowest BCUT2D eigenvalue weighted by Crippen LogP contribution is -2.34. The van der Waals surface area contributed by atoms with E-state index in [1.807, 2.05) is 24.8 Å². The summed E-state index contributed by atoms with van der Waals surface area (Å²) in [6.07, 6.45) is 13.8. The van der Waals surface area contributed by atoms with E-state index in [0.29, 0.717) is 6.04 Å². The number of aryl methyl sites for hydroxylation is 1. The van der Waals surface area contributed by atoms with Crippen LogP contribution in [-0.4, -0.2) is 47.7 Å². The first-order chi connectivity index (χ1) is 11.8. The highest BCUT2D eigenvalue weighted by atomic mass is 15.2. The Bertz CT molecular complexity index is 538. The molecule has 1 unspecified atom stereocenters. The molecule has 0 fully saturated rings. The number of hydrogen-bond acceptors (Lipinski definition) is 4. The SMILES string of the molecule is CCCN(C)/C=C\N=CCN(CCC)C1CCCc2cccnc21. The minimum atomic E-state index is 0.438. The molecule has 4 heteroatoms. The van der Waals surface area contributed by atoms with Crippen LogP contribution in [0.15, 0.2) is 35.7 Å². The van der Waals surface area contributed by atoms with Crippen molar-refractivity contribution in [3.63, 3.8) is 0 Å². The van der Waals surface area contributed by atoms with Gasteiger partial charge < -0.3 is 4.90 Å². The van der Waals surface area contributed by atoms with E-state index in [2.05, 4.69) is 52.8 Å². The van der Waals surface area contributed by atoms with Gasteiger partial charge in [-0.1, -0.05) is 19.9 Å². The molecule has 1 aromatic rings. The van der Waals surface area contributed by atoms with Crippen LogP contribution < -0.4 is 0 Å². The Balaban J connectivity index is 1.98. The lowest BCUT2D eigenvalue weighted by molar-refractivity contribution is 0.201. The molecule has 0 N–H and O–H groups in total. The fraction of sp³-hybridized carbons (Fsp3) is 0.600. The molecule has 0 aliphatic heterocycles. The van der Waals surface area contributed by atoms with Gasteiger partial charge in [0.05, 0.1) is 11.7 Å². The van der Waals surface area contributed by atoms with Crippen molar-refractivity contribution in [1.82, 2.24) is 14.8 Å². The summed E-state index contributed by atoms with van der Waals surface area (Å²) in [4.78, 5) is 13.8. The van der Waals surface area contributed by atoms with Crippen molar-refractivity contribution in [2.24, 2.45) is 4.99 Å². The topological polar surface area (TPSA) is 31.7 Å². The van der Waals surface area contributed by atoms with E-state index < -0.39 is 0 Å². The molecule has 132 valence electrons. The molecule has 1 aliphatic carbocycles. The van der Waals surface area contributed by atoms with Gasteiger partial charge in [0.15, 0.2) is 0 Å². The molecule has 1 aromatic heterocycles. The molecule has 0 saturated carbocycles. The van der Waals surface area contributed by atoms with E-state index in [4.69, 9.17) is 0 Å². The quantitative estimate of drug-likeness (QED) is 0.641. The summed E-state index contributed by atoms with van der Waals surface area (Å²) < 4.78 is 0. The molecule has 2 rings (SSSR count). The molecule has 0 amide bonds. The van der Waals surface area contributed by atoms with Gasteiger partial charge in [0.25, 0.3) is 0 Å². The van der Waals surface area contributed by atoms with E-state index in [9.17, 15) is 0 Å². The van der Waals surface area contributed by atoms with E-state index in [-0.39, 0.29) is 0 Å². The highest BCUT2D eigenvalue weighted by Gasteiger charge is 2.25. The molecular formula is C20H32N4. The van der Waals surface area contributed by atoms with Crippen LogP contribution in [0.5, 0.6) is 0 Å². The van der Waals surface area contributed by atoms with Crippen molar-refractivity contribution >= 4 is 6.21 Å². The fourth-order valence-electron chi connectivity index (χ4n) is 3.39. The zero-order valence-electron chi connectivity index (χ0n) is 15.5. The number of hydrogen-bond donors (Lipinski definition) is 0. The van der Waals surface area contributed by atoms with Gasteiger partial charge in [0.2, 0.25) is 0 Å². The molecular weight excluding hydrogens is 296 g/mol. The highest BCUT2D eigenvalue weighted by molar-refractivity contribution is 5.60. The average molecular weight is 329 g/mol. The minimum absolute atomic E-state index is 0.438. The average Bonchev–Trinajstić information content (AvgIpc) is 2.60. The molecule has 0 bridgehead atoms. The summed E-state index contributed by atoms with van der Waals surface area (Å²) in [5, 5.41) is 0. The fourth-order valence-corrected chi connectivity index (χ4v) is 3.39. The summed E-state index contributed by atoms with van der Waals surface area (Å²) in [5.41, 5.74) is 2.71. The number of pyridine rings is 1. The van der Waals surface area contributed by atoms with Crippen LogP contribution >= 0.6 is 0 Å². The van der Waals surface area contributed by atoms with Gasteiger partial charge >= 0.3 is 0 Å². The maximum absolute atomic E-state index is 4.69. The third-order valence-electron chi connectivity index (χ3n) is 4.52. The van der Waals surface area contributed by atoms with Crippen molar-refractivity contribution in [1.29, 1.82) is 0 Å². The van der Waals surface area contributed by atoms with Crippen molar-refractivity contribution in [2.75, 3.05) is 26.7 Å². The zero-order chi connectivity index (χ0) is 17.2. The van der Waals surface area contributed by atoms with Crippen molar-refractivity contribution in [3.05, 3.63) is 42.0 Å². The van der Waals surface area contributed by atoms with Gasteiger partial charge in [-0.25, -0.2) is 0 Å². The van der Waals surface area contributed by atoms with Gasteiger partial charge in [-0.05, 0) is 50.3 Å². The Morgan fingerprint density at radius 1 is 1.29 bits per heavy atom. The molecule has 0 saturated heterocycles. The number of aliphatic imine (C=N–C) groups is 1. The van der Waals surface area contributed by atoms with Crippen LogP contribution in [0.25, 0.3) is 0 Å². The van der Waals surface area contributed by atoms with E-state index >= 15 is 0 Å². The zero-order valence-corrected chi connectivity index (χ0v) is 15.5. The van der Waals surface area contributed by atoms with E-state index in [0.717, 1.165) is 32.5 Å². The first-order valence-electron chi connectivity index (χ1n) is 9.32. The van der Waals surface area contributed by atoms with Crippen molar-refractivity contribution in [2.45, 2.75) is 52.0 Å². The Morgan fingerprint density at radius 3 is 2.92 bits per heavy atom.